The van der Waals surface area contributed by atoms with Crippen LogP contribution in [0.3, 0.4) is 0 Å². The van der Waals surface area contributed by atoms with Crippen molar-refractivity contribution < 1.29 is 18.0 Å². The second-order valence-corrected chi connectivity index (χ2v) is 8.90. The number of carbonyl (C=O) groups is 1. The second kappa shape index (κ2) is 7.79. The van der Waals surface area contributed by atoms with E-state index in [4.69, 9.17) is 4.84 Å². The summed E-state index contributed by atoms with van der Waals surface area (Å²) in [5.74, 6) is 0.725. The summed E-state index contributed by atoms with van der Waals surface area (Å²) in [7, 11) is -1.13. The van der Waals surface area contributed by atoms with Crippen LogP contribution in [0.1, 0.15) is 28.4 Å². The maximum atomic E-state index is 12.6. The zero-order chi connectivity index (χ0) is 18.7. The predicted molar refractivity (Wildman–Crippen MR) is 100 cm³/mol. The summed E-state index contributed by atoms with van der Waals surface area (Å²) in [6.45, 7) is 0. The number of fused-ring (bicyclic) bond motifs is 1. The van der Waals surface area contributed by atoms with E-state index in [1.807, 2.05) is 18.2 Å². The summed E-state index contributed by atoms with van der Waals surface area (Å²) in [6.07, 6.45) is 0.860. The fourth-order valence-electron chi connectivity index (χ4n) is 2.76. The first kappa shape index (κ1) is 18.9. The van der Waals surface area contributed by atoms with Gasteiger partial charge in [-0.05, 0) is 42.3 Å². The molecule has 1 aliphatic heterocycles. The van der Waals surface area contributed by atoms with E-state index in [1.54, 1.807) is 11.8 Å². The second-order valence-electron chi connectivity index (χ2n) is 5.82. The fourth-order valence-corrected chi connectivity index (χ4v) is 4.86. The maximum absolute atomic E-state index is 12.6. The summed E-state index contributed by atoms with van der Waals surface area (Å²) in [5, 5.41) is 3.05. The van der Waals surface area contributed by atoms with E-state index in [1.165, 1.54) is 43.3 Å². The topological polar surface area (TPSA) is 75.7 Å². The van der Waals surface area contributed by atoms with E-state index in [-0.39, 0.29) is 16.8 Å². The zero-order valence-corrected chi connectivity index (χ0v) is 16.1. The molecule has 0 fully saturated rings. The lowest BCUT2D eigenvalue weighted by Crippen LogP contribution is -2.30. The van der Waals surface area contributed by atoms with Crippen molar-refractivity contribution in [1.29, 1.82) is 0 Å². The summed E-state index contributed by atoms with van der Waals surface area (Å²) in [4.78, 5) is 18.6. The van der Waals surface area contributed by atoms with Crippen LogP contribution in [0.25, 0.3) is 0 Å². The van der Waals surface area contributed by atoms with Crippen molar-refractivity contribution >= 4 is 27.7 Å². The summed E-state index contributed by atoms with van der Waals surface area (Å²) in [5.41, 5.74) is 1.54. The third-order valence-corrected chi connectivity index (χ3v) is 7.09. The molecule has 0 saturated heterocycles. The number of benzene rings is 2. The van der Waals surface area contributed by atoms with Crippen LogP contribution >= 0.6 is 11.8 Å². The lowest BCUT2D eigenvalue weighted by atomic mass is 10.0. The molecule has 3 rings (SSSR count). The Labute approximate surface area is 157 Å². The molecular weight excluding hydrogens is 372 g/mol. The van der Waals surface area contributed by atoms with Crippen molar-refractivity contribution in [2.45, 2.75) is 22.3 Å². The molecular formula is C18H20N2O4S2. The van der Waals surface area contributed by atoms with Crippen LogP contribution in [-0.4, -0.2) is 38.7 Å². The Balaban J connectivity index is 1.76. The minimum atomic E-state index is -3.72. The Morgan fingerprint density at radius 2 is 1.88 bits per heavy atom. The lowest BCUT2D eigenvalue weighted by Gasteiger charge is -2.26. The molecule has 0 aromatic heterocycles. The van der Waals surface area contributed by atoms with Gasteiger partial charge in [0.15, 0.2) is 0 Å². The van der Waals surface area contributed by atoms with Gasteiger partial charge < -0.3 is 5.32 Å². The molecule has 0 saturated carbocycles. The van der Waals surface area contributed by atoms with Crippen LogP contribution in [0.2, 0.25) is 0 Å². The first-order chi connectivity index (χ1) is 12.4. The minimum absolute atomic E-state index is 0.0389. The third-order valence-electron chi connectivity index (χ3n) is 4.27. The molecule has 138 valence electrons. The normalized spacial score (nSPS) is 17.0. The Hall–Kier alpha value is -1.87. The molecule has 2 aromatic rings. The van der Waals surface area contributed by atoms with Crippen LogP contribution < -0.4 is 5.32 Å². The maximum Gasteiger partial charge on any atom is 0.264 e. The van der Waals surface area contributed by atoms with E-state index in [0.717, 1.165) is 22.2 Å². The van der Waals surface area contributed by atoms with Crippen molar-refractivity contribution in [3.05, 3.63) is 59.7 Å². The van der Waals surface area contributed by atoms with Gasteiger partial charge in [-0.15, -0.1) is 11.8 Å². The third kappa shape index (κ3) is 3.78. The van der Waals surface area contributed by atoms with Gasteiger partial charge >= 0.3 is 0 Å². The molecule has 0 bridgehead atoms. The van der Waals surface area contributed by atoms with E-state index in [2.05, 4.69) is 11.4 Å². The molecule has 0 spiro atoms. The van der Waals surface area contributed by atoms with Crippen molar-refractivity contribution in [2.24, 2.45) is 0 Å². The van der Waals surface area contributed by atoms with Gasteiger partial charge in [0, 0.05) is 23.3 Å². The van der Waals surface area contributed by atoms with Gasteiger partial charge in [0.05, 0.1) is 18.0 Å². The van der Waals surface area contributed by atoms with Crippen LogP contribution in [0, 0.1) is 0 Å². The predicted octanol–water partition coefficient (Wildman–Crippen LogP) is 2.84. The zero-order valence-electron chi connectivity index (χ0n) is 14.5. The van der Waals surface area contributed by atoms with Crippen molar-refractivity contribution in [1.82, 2.24) is 9.79 Å². The summed E-state index contributed by atoms with van der Waals surface area (Å²) in [6, 6.07) is 13.8. The number of amides is 1. The molecule has 0 unspecified atom stereocenters. The first-order valence-corrected chi connectivity index (χ1v) is 10.5. The molecule has 0 aliphatic carbocycles. The van der Waals surface area contributed by atoms with E-state index in [0.29, 0.717) is 5.56 Å². The van der Waals surface area contributed by atoms with Gasteiger partial charge in [0.2, 0.25) is 0 Å². The highest BCUT2D eigenvalue weighted by Gasteiger charge is 2.24. The molecule has 1 aliphatic rings. The average Bonchev–Trinajstić information content (AvgIpc) is 2.67. The van der Waals surface area contributed by atoms with Gasteiger partial charge in [0.1, 0.15) is 0 Å². The molecule has 8 heteroatoms. The van der Waals surface area contributed by atoms with E-state index >= 15 is 0 Å². The van der Waals surface area contributed by atoms with Crippen molar-refractivity contribution in [3.63, 3.8) is 0 Å². The summed E-state index contributed by atoms with van der Waals surface area (Å²) >= 11 is 1.79. The number of nitrogens with zero attached hydrogens (tertiary/aromatic N) is 1. The molecule has 1 N–H and O–H groups in total. The van der Waals surface area contributed by atoms with Crippen LogP contribution in [0.5, 0.6) is 0 Å². The Kier molecular flexibility index (Phi) is 5.67. The molecule has 6 nitrogen and oxygen atoms in total. The quantitative estimate of drug-likeness (QED) is 0.792. The molecule has 1 amide bonds. The minimum Gasteiger partial charge on any atom is -0.345 e. The van der Waals surface area contributed by atoms with Crippen molar-refractivity contribution in [3.8, 4) is 0 Å². The van der Waals surface area contributed by atoms with E-state index < -0.39 is 10.0 Å². The Morgan fingerprint density at radius 3 is 2.58 bits per heavy atom. The monoisotopic (exact) mass is 392 g/mol. The Bertz CT molecular complexity index is 898. The highest BCUT2D eigenvalue weighted by Crippen LogP contribution is 2.35. The molecule has 0 radical (unpaired) electrons. The van der Waals surface area contributed by atoms with Gasteiger partial charge in [-0.25, -0.2) is 8.42 Å². The number of hydroxylamine groups is 1. The highest BCUT2D eigenvalue weighted by molar-refractivity contribution is 7.99. The smallest absolute Gasteiger partial charge is 0.264 e. The van der Waals surface area contributed by atoms with E-state index in [9.17, 15) is 13.2 Å². The highest BCUT2D eigenvalue weighted by atomic mass is 32.2. The SMILES string of the molecule is CON(C)S(=O)(=O)c1ccc(C(=O)N[C@@H]2CCSc3ccccc32)cc1. The lowest BCUT2D eigenvalue weighted by molar-refractivity contribution is -0.0258. The number of rotatable bonds is 5. The van der Waals surface area contributed by atoms with Crippen LogP contribution in [0.4, 0.5) is 0 Å². The number of hydrogen-bond donors (Lipinski definition) is 1. The molecule has 1 heterocycles. The molecule has 1 atom stereocenters. The number of hydrogen-bond acceptors (Lipinski definition) is 5. The van der Waals surface area contributed by atoms with Gasteiger partial charge in [0.25, 0.3) is 15.9 Å². The Morgan fingerprint density at radius 1 is 1.19 bits per heavy atom. The first-order valence-electron chi connectivity index (χ1n) is 8.09. The van der Waals surface area contributed by atoms with Gasteiger partial charge in [-0.3, -0.25) is 9.63 Å². The number of thioether (sulfide) groups is 1. The van der Waals surface area contributed by atoms with Crippen LogP contribution in [-0.2, 0) is 14.9 Å². The number of sulfonamides is 1. The molecule has 26 heavy (non-hydrogen) atoms. The van der Waals surface area contributed by atoms with Gasteiger partial charge in [-0.1, -0.05) is 22.7 Å². The fraction of sp³-hybridized carbons (Fsp3) is 0.278. The standard InChI is InChI=1S/C18H20N2O4S2/c1-20(24-2)26(22,23)14-9-7-13(8-10-14)18(21)19-16-11-12-25-17-6-4-3-5-15(16)17/h3-10,16H,11-12H2,1-2H3,(H,19,21)/t16-/m1/s1. The number of carbonyl (C=O) groups excluding carboxylic acids is 1. The van der Waals surface area contributed by atoms with Crippen LogP contribution in [0.15, 0.2) is 58.3 Å². The molecule has 2 aromatic carbocycles. The largest absolute Gasteiger partial charge is 0.345 e. The van der Waals surface area contributed by atoms with Crippen molar-refractivity contribution in [2.75, 3.05) is 19.9 Å². The van der Waals surface area contributed by atoms with Gasteiger partial charge in [-0.2, -0.15) is 0 Å². The summed E-state index contributed by atoms with van der Waals surface area (Å²) < 4.78 is 25.2. The number of nitrogens with one attached hydrogen (secondary N) is 1. The average molecular weight is 393 g/mol.